The fourth-order valence-corrected chi connectivity index (χ4v) is 5.79. The van der Waals surface area contributed by atoms with Crippen molar-refractivity contribution in [2.75, 3.05) is 17.7 Å². The van der Waals surface area contributed by atoms with E-state index in [0.29, 0.717) is 28.1 Å². The lowest BCUT2D eigenvalue weighted by atomic mass is 9.99. The van der Waals surface area contributed by atoms with Crippen molar-refractivity contribution in [3.05, 3.63) is 102 Å². The van der Waals surface area contributed by atoms with Crippen LogP contribution in [0.2, 0.25) is 0 Å². The second-order valence-electron chi connectivity index (χ2n) is 8.72. The highest BCUT2D eigenvalue weighted by Gasteiger charge is 2.17. The van der Waals surface area contributed by atoms with Crippen molar-refractivity contribution >= 4 is 34.1 Å². The van der Waals surface area contributed by atoms with Gasteiger partial charge in [-0.1, -0.05) is 60.7 Å². The van der Waals surface area contributed by atoms with Gasteiger partial charge in [0.05, 0.1) is 23.6 Å². The van der Waals surface area contributed by atoms with Gasteiger partial charge in [-0.2, -0.15) is 5.26 Å². The van der Waals surface area contributed by atoms with Crippen LogP contribution in [0.1, 0.15) is 18.9 Å². The second kappa shape index (κ2) is 13.1. The molecule has 0 aliphatic heterocycles. The van der Waals surface area contributed by atoms with Crippen molar-refractivity contribution in [1.82, 2.24) is 9.97 Å². The fourth-order valence-electron chi connectivity index (χ4n) is 4.11. The Morgan fingerprint density at radius 3 is 2.27 bits per heavy atom. The maximum Gasteiger partial charge on any atom is 0.226 e. The number of aromatic nitrogens is 2. The van der Waals surface area contributed by atoms with Crippen molar-refractivity contribution in [1.29, 1.82) is 5.26 Å². The number of nitriles is 1. The first kappa shape index (κ1) is 27.1. The lowest BCUT2D eigenvalue weighted by Crippen LogP contribution is -2.12. The van der Waals surface area contributed by atoms with Gasteiger partial charge in [0, 0.05) is 34.2 Å². The summed E-state index contributed by atoms with van der Waals surface area (Å²) in [5.41, 5.74) is 5.80. The number of carbonyl (C=O) groups excluding carboxylic acids is 1. The molecule has 0 unspecified atom stereocenters. The molecule has 0 radical (unpaired) electrons. The van der Waals surface area contributed by atoms with E-state index in [1.807, 2.05) is 103 Å². The molecule has 0 aliphatic carbocycles. The molecule has 0 saturated carbocycles. The van der Waals surface area contributed by atoms with E-state index in [-0.39, 0.29) is 12.3 Å². The van der Waals surface area contributed by atoms with E-state index in [1.165, 1.54) is 23.1 Å². The summed E-state index contributed by atoms with van der Waals surface area (Å²) >= 11 is 2.80. The number of nitrogens with zero attached hydrogens (tertiary/aromatic N) is 3. The van der Waals surface area contributed by atoms with Crippen molar-refractivity contribution in [3.8, 4) is 45.5 Å². The van der Waals surface area contributed by atoms with Crippen LogP contribution in [0.25, 0.3) is 33.6 Å². The summed E-state index contributed by atoms with van der Waals surface area (Å²) < 4.78 is 5.50. The number of carbonyl (C=O) groups is 1. The smallest absolute Gasteiger partial charge is 0.226 e. The van der Waals surface area contributed by atoms with Crippen LogP contribution in [-0.2, 0) is 4.79 Å². The molecule has 1 amide bonds. The highest BCUT2D eigenvalue weighted by Crippen LogP contribution is 2.34. The monoisotopic (exact) mass is 562 g/mol. The van der Waals surface area contributed by atoms with Crippen LogP contribution < -0.4 is 10.1 Å². The Bertz CT molecular complexity index is 1630. The molecule has 5 aromatic rings. The van der Waals surface area contributed by atoms with Gasteiger partial charge in [-0.25, -0.2) is 9.97 Å². The zero-order valence-corrected chi connectivity index (χ0v) is 23.5. The van der Waals surface area contributed by atoms with Gasteiger partial charge >= 0.3 is 0 Å². The Morgan fingerprint density at radius 2 is 1.60 bits per heavy atom. The molecule has 40 heavy (non-hydrogen) atoms. The molecule has 5 rings (SSSR count). The summed E-state index contributed by atoms with van der Waals surface area (Å²) in [7, 11) is 0. The fraction of sp³-hybridized carbons (Fsp3) is 0.125. The van der Waals surface area contributed by atoms with Gasteiger partial charge in [-0.3, -0.25) is 4.79 Å². The molecule has 0 saturated heterocycles. The number of benzene rings is 3. The van der Waals surface area contributed by atoms with E-state index in [2.05, 4.69) is 16.4 Å². The Morgan fingerprint density at radius 1 is 0.925 bits per heavy atom. The highest BCUT2D eigenvalue weighted by atomic mass is 32.2. The normalized spacial score (nSPS) is 10.6. The Hall–Kier alpha value is -4.45. The molecular formula is C32H26N4O2S2. The Labute approximate surface area is 241 Å². The minimum absolute atomic E-state index is 0.138. The van der Waals surface area contributed by atoms with Gasteiger partial charge in [0.1, 0.15) is 16.8 Å². The molecule has 6 nitrogen and oxygen atoms in total. The molecule has 8 heteroatoms. The molecule has 0 fully saturated rings. The van der Waals surface area contributed by atoms with Crippen LogP contribution in [0.5, 0.6) is 5.75 Å². The molecule has 2 heterocycles. The van der Waals surface area contributed by atoms with Crippen molar-refractivity contribution in [2.45, 2.75) is 18.4 Å². The van der Waals surface area contributed by atoms with Gasteiger partial charge in [0.2, 0.25) is 5.91 Å². The maximum atomic E-state index is 12.7. The molecule has 0 spiro atoms. The van der Waals surface area contributed by atoms with E-state index < -0.39 is 0 Å². The SMILES string of the molecule is CCOc1ccc(-c2csc(NC(=O)CCSc3nc(-c4ccccc4)cc(-c4ccccc4)c3C#N)n2)cc1. The molecule has 0 atom stereocenters. The molecule has 198 valence electrons. The third kappa shape index (κ3) is 6.57. The summed E-state index contributed by atoms with van der Waals surface area (Å²) in [6, 6.07) is 31.8. The summed E-state index contributed by atoms with van der Waals surface area (Å²) in [4.78, 5) is 22.1. The first-order valence-electron chi connectivity index (χ1n) is 12.8. The van der Waals surface area contributed by atoms with Crippen molar-refractivity contribution < 1.29 is 9.53 Å². The van der Waals surface area contributed by atoms with Crippen LogP contribution in [0.4, 0.5) is 5.13 Å². The standard InChI is InChI=1S/C32H26N4O2S2/c1-2-38-25-15-13-24(14-16-25)29-21-40-32(35-29)36-30(37)17-18-39-31-27(20-33)26(22-9-5-3-6-10-22)19-28(34-31)23-11-7-4-8-12-23/h3-16,19,21H,2,17-18H2,1H3,(H,35,36,37). The quantitative estimate of drug-likeness (QED) is 0.174. The number of ether oxygens (including phenoxy) is 1. The van der Waals surface area contributed by atoms with Gasteiger partial charge in [0.15, 0.2) is 5.13 Å². The third-order valence-corrected chi connectivity index (χ3v) is 7.77. The summed E-state index contributed by atoms with van der Waals surface area (Å²) in [6.07, 6.45) is 0.255. The molecule has 3 aromatic carbocycles. The van der Waals surface area contributed by atoms with E-state index in [9.17, 15) is 10.1 Å². The molecule has 0 bridgehead atoms. The second-order valence-corrected chi connectivity index (χ2v) is 10.7. The number of hydrogen-bond donors (Lipinski definition) is 1. The lowest BCUT2D eigenvalue weighted by molar-refractivity contribution is -0.115. The minimum Gasteiger partial charge on any atom is -0.494 e. The number of hydrogen-bond acceptors (Lipinski definition) is 7. The zero-order chi connectivity index (χ0) is 27.7. The summed E-state index contributed by atoms with van der Waals surface area (Å²) in [6.45, 7) is 2.57. The van der Waals surface area contributed by atoms with Gasteiger partial charge in [-0.05, 0) is 42.8 Å². The topological polar surface area (TPSA) is 87.9 Å². The van der Waals surface area contributed by atoms with Crippen LogP contribution in [0.15, 0.2) is 101 Å². The first-order valence-corrected chi connectivity index (χ1v) is 14.7. The van der Waals surface area contributed by atoms with Crippen LogP contribution in [0, 0.1) is 11.3 Å². The molecule has 2 aromatic heterocycles. The van der Waals surface area contributed by atoms with Crippen LogP contribution in [-0.4, -0.2) is 28.2 Å². The molecule has 1 N–H and O–H groups in total. The van der Waals surface area contributed by atoms with E-state index in [0.717, 1.165) is 39.4 Å². The number of pyridine rings is 1. The predicted octanol–water partition coefficient (Wildman–Crippen LogP) is 7.93. The first-order chi connectivity index (χ1) is 19.6. The predicted molar refractivity (Wildman–Crippen MR) is 163 cm³/mol. The van der Waals surface area contributed by atoms with Gasteiger partial charge in [0.25, 0.3) is 0 Å². The third-order valence-electron chi connectivity index (χ3n) is 6.03. The van der Waals surface area contributed by atoms with E-state index in [4.69, 9.17) is 9.72 Å². The number of amides is 1. The molecule has 0 aliphatic rings. The maximum absolute atomic E-state index is 12.7. The minimum atomic E-state index is -0.138. The average Bonchev–Trinajstić information content (AvgIpc) is 3.46. The van der Waals surface area contributed by atoms with Gasteiger partial charge in [-0.15, -0.1) is 23.1 Å². The average molecular weight is 563 g/mol. The highest BCUT2D eigenvalue weighted by molar-refractivity contribution is 7.99. The lowest BCUT2D eigenvalue weighted by Gasteiger charge is -2.12. The molecular weight excluding hydrogens is 537 g/mol. The van der Waals surface area contributed by atoms with Gasteiger partial charge < -0.3 is 10.1 Å². The number of anilines is 1. The summed E-state index contributed by atoms with van der Waals surface area (Å²) in [5.74, 6) is 1.14. The van der Waals surface area contributed by atoms with Crippen molar-refractivity contribution in [3.63, 3.8) is 0 Å². The largest absolute Gasteiger partial charge is 0.494 e. The van der Waals surface area contributed by atoms with E-state index in [1.54, 1.807) is 0 Å². The Balaban J connectivity index is 1.28. The van der Waals surface area contributed by atoms with E-state index >= 15 is 0 Å². The number of thiazole rings is 1. The van der Waals surface area contributed by atoms with Crippen LogP contribution >= 0.6 is 23.1 Å². The van der Waals surface area contributed by atoms with Crippen molar-refractivity contribution in [2.24, 2.45) is 0 Å². The Kier molecular flexibility index (Phi) is 8.86. The number of nitrogens with one attached hydrogen (secondary N) is 1. The zero-order valence-electron chi connectivity index (χ0n) is 21.8. The summed E-state index contributed by atoms with van der Waals surface area (Å²) in [5, 5.41) is 16.0. The van der Waals surface area contributed by atoms with Crippen LogP contribution in [0.3, 0.4) is 0 Å². The number of rotatable bonds is 10. The number of thioether (sulfide) groups is 1.